The molecule has 0 unspecified atom stereocenters. The number of hydrogen-bond donors (Lipinski definition) is 1. The van der Waals surface area contributed by atoms with Gasteiger partial charge in [-0.25, -0.2) is 18.5 Å². The van der Waals surface area contributed by atoms with E-state index in [1.165, 1.54) is 24.1 Å². The molecule has 2 N–H and O–H groups in total. The van der Waals surface area contributed by atoms with Gasteiger partial charge in [0.2, 0.25) is 33.5 Å². The summed E-state index contributed by atoms with van der Waals surface area (Å²) in [5.74, 6) is 0.530. The number of primary sulfonamides is 1. The quantitative estimate of drug-likeness (QED) is 0.630. The summed E-state index contributed by atoms with van der Waals surface area (Å²) >= 11 is 0. The second-order valence-electron chi connectivity index (χ2n) is 7.37. The molecule has 1 aromatic carbocycles. The van der Waals surface area contributed by atoms with E-state index in [9.17, 15) is 13.2 Å². The Hall–Kier alpha value is -3.31. The molecule has 3 heterocycles. The standard InChI is InChI=1S/C20H21N5O5S/c1-11-7-12(2)22-20(29-3)17(11)18-23-19(30-24-18)13-8-16(26)25(10-13)14-5-4-6-15(9-14)31(21,27)28/h4-7,9,13H,8,10H2,1-3H3,(H2,21,27,28)/t13-/m1/s1. The van der Waals surface area contributed by atoms with Crippen LogP contribution in [0.3, 0.4) is 0 Å². The highest BCUT2D eigenvalue weighted by molar-refractivity contribution is 7.89. The maximum absolute atomic E-state index is 12.6. The van der Waals surface area contributed by atoms with Gasteiger partial charge in [0.25, 0.3) is 0 Å². The van der Waals surface area contributed by atoms with Crippen molar-refractivity contribution >= 4 is 21.6 Å². The van der Waals surface area contributed by atoms with Crippen LogP contribution in [0.4, 0.5) is 5.69 Å². The predicted octanol–water partition coefficient (Wildman–Crippen LogP) is 1.92. The molecular weight excluding hydrogens is 422 g/mol. The van der Waals surface area contributed by atoms with Gasteiger partial charge in [0.15, 0.2) is 0 Å². The van der Waals surface area contributed by atoms with E-state index in [-0.39, 0.29) is 29.7 Å². The Balaban J connectivity index is 1.62. The first-order chi connectivity index (χ1) is 14.7. The molecule has 31 heavy (non-hydrogen) atoms. The number of methoxy groups -OCH3 is 1. The zero-order chi connectivity index (χ0) is 22.3. The SMILES string of the molecule is COc1nc(C)cc(C)c1-c1noc([C@@H]2CC(=O)N(c3cccc(S(N)(=O)=O)c3)C2)n1. The van der Waals surface area contributed by atoms with Gasteiger partial charge in [-0.3, -0.25) is 4.79 Å². The largest absolute Gasteiger partial charge is 0.480 e. The maximum Gasteiger partial charge on any atom is 0.238 e. The van der Waals surface area contributed by atoms with E-state index in [0.29, 0.717) is 28.8 Å². The first-order valence-electron chi connectivity index (χ1n) is 9.47. The Bertz CT molecular complexity index is 1270. The molecule has 0 radical (unpaired) electrons. The molecule has 1 saturated heterocycles. The number of sulfonamides is 1. The monoisotopic (exact) mass is 443 g/mol. The van der Waals surface area contributed by atoms with Crippen molar-refractivity contribution in [3.05, 3.63) is 47.5 Å². The molecule has 1 aliphatic rings. The van der Waals surface area contributed by atoms with Crippen molar-refractivity contribution in [1.82, 2.24) is 15.1 Å². The lowest BCUT2D eigenvalue weighted by Gasteiger charge is -2.16. The van der Waals surface area contributed by atoms with Gasteiger partial charge in [0, 0.05) is 24.3 Å². The van der Waals surface area contributed by atoms with Gasteiger partial charge in [0.05, 0.1) is 23.5 Å². The van der Waals surface area contributed by atoms with Crippen molar-refractivity contribution in [2.45, 2.75) is 31.1 Å². The Kier molecular flexibility index (Phi) is 5.23. The van der Waals surface area contributed by atoms with Crippen LogP contribution in [-0.2, 0) is 14.8 Å². The van der Waals surface area contributed by atoms with Gasteiger partial charge in [0.1, 0.15) is 0 Å². The van der Waals surface area contributed by atoms with E-state index in [1.54, 1.807) is 12.1 Å². The van der Waals surface area contributed by atoms with Gasteiger partial charge < -0.3 is 14.2 Å². The summed E-state index contributed by atoms with van der Waals surface area (Å²) in [7, 11) is -2.35. The van der Waals surface area contributed by atoms with Crippen LogP contribution in [0.15, 0.2) is 39.8 Å². The molecule has 1 fully saturated rings. The number of hydrogen-bond acceptors (Lipinski definition) is 8. The van der Waals surface area contributed by atoms with Crippen LogP contribution in [0.1, 0.15) is 29.5 Å². The number of carbonyl (C=O) groups is 1. The number of benzene rings is 1. The minimum Gasteiger partial charge on any atom is -0.480 e. The van der Waals surface area contributed by atoms with E-state index >= 15 is 0 Å². The molecule has 0 bridgehead atoms. The summed E-state index contributed by atoms with van der Waals surface area (Å²) < 4.78 is 34.1. The van der Waals surface area contributed by atoms with E-state index in [1.807, 2.05) is 19.9 Å². The van der Waals surface area contributed by atoms with E-state index in [4.69, 9.17) is 14.4 Å². The fourth-order valence-electron chi connectivity index (χ4n) is 3.68. The van der Waals surface area contributed by atoms with Gasteiger partial charge >= 0.3 is 0 Å². The Labute approximate surface area is 179 Å². The molecule has 0 saturated carbocycles. The Morgan fingerprint density at radius 1 is 1.23 bits per heavy atom. The Morgan fingerprint density at radius 2 is 2.00 bits per heavy atom. The smallest absolute Gasteiger partial charge is 0.238 e. The third-order valence-corrected chi connectivity index (χ3v) is 6.01. The molecule has 4 rings (SSSR count). The van der Waals surface area contributed by atoms with Crippen molar-refractivity contribution in [3.8, 4) is 17.3 Å². The number of nitrogens with zero attached hydrogens (tertiary/aromatic N) is 4. The van der Waals surface area contributed by atoms with Crippen molar-refractivity contribution in [1.29, 1.82) is 0 Å². The van der Waals surface area contributed by atoms with Gasteiger partial charge in [-0.15, -0.1) is 0 Å². The lowest BCUT2D eigenvalue weighted by atomic mass is 10.1. The van der Waals surface area contributed by atoms with Crippen LogP contribution >= 0.6 is 0 Å². The van der Waals surface area contributed by atoms with Crippen molar-refractivity contribution in [2.75, 3.05) is 18.6 Å². The van der Waals surface area contributed by atoms with Gasteiger partial charge in [-0.1, -0.05) is 11.2 Å². The number of nitrogens with two attached hydrogens (primary N) is 1. The number of aryl methyl sites for hydroxylation is 2. The number of aromatic nitrogens is 3. The normalized spacial score (nSPS) is 16.7. The van der Waals surface area contributed by atoms with E-state index in [2.05, 4.69) is 15.1 Å². The zero-order valence-electron chi connectivity index (χ0n) is 17.2. The number of anilines is 1. The third-order valence-electron chi connectivity index (χ3n) is 5.10. The van der Waals surface area contributed by atoms with Crippen LogP contribution in [0.2, 0.25) is 0 Å². The predicted molar refractivity (Wildman–Crippen MR) is 111 cm³/mol. The minimum absolute atomic E-state index is 0.0595. The van der Waals surface area contributed by atoms with E-state index < -0.39 is 10.0 Å². The lowest BCUT2D eigenvalue weighted by Crippen LogP contribution is -2.24. The highest BCUT2D eigenvalue weighted by Gasteiger charge is 2.36. The summed E-state index contributed by atoms with van der Waals surface area (Å²) in [6.07, 6.45) is 0.156. The average Bonchev–Trinajstić information content (AvgIpc) is 3.33. The number of rotatable bonds is 5. The lowest BCUT2D eigenvalue weighted by molar-refractivity contribution is -0.117. The molecule has 162 valence electrons. The summed E-state index contributed by atoms with van der Waals surface area (Å²) in [5.41, 5.74) is 2.77. The molecule has 10 nitrogen and oxygen atoms in total. The molecule has 0 aliphatic carbocycles. The number of amides is 1. The molecule has 0 spiro atoms. The first kappa shape index (κ1) is 20.9. The number of pyridine rings is 1. The average molecular weight is 443 g/mol. The molecule has 11 heteroatoms. The van der Waals surface area contributed by atoms with Crippen LogP contribution in [-0.4, -0.2) is 43.1 Å². The fourth-order valence-corrected chi connectivity index (χ4v) is 4.23. The van der Waals surface area contributed by atoms with Gasteiger partial charge in [-0.2, -0.15) is 4.98 Å². The van der Waals surface area contributed by atoms with Crippen molar-refractivity contribution in [2.24, 2.45) is 5.14 Å². The number of carbonyl (C=O) groups excluding carboxylic acids is 1. The highest BCUT2D eigenvalue weighted by atomic mass is 32.2. The van der Waals surface area contributed by atoms with Gasteiger partial charge in [-0.05, 0) is 43.7 Å². The third kappa shape index (κ3) is 4.01. The first-order valence-corrected chi connectivity index (χ1v) is 11.0. The van der Waals surface area contributed by atoms with Crippen LogP contribution in [0.25, 0.3) is 11.4 Å². The number of ether oxygens (including phenoxy) is 1. The van der Waals surface area contributed by atoms with Crippen LogP contribution in [0.5, 0.6) is 5.88 Å². The second kappa shape index (κ2) is 7.75. The van der Waals surface area contributed by atoms with Crippen LogP contribution < -0.4 is 14.8 Å². The summed E-state index contributed by atoms with van der Waals surface area (Å²) in [6.45, 7) is 4.04. The fraction of sp³-hybridized carbons (Fsp3) is 0.300. The Morgan fingerprint density at radius 3 is 2.71 bits per heavy atom. The molecule has 1 amide bonds. The minimum atomic E-state index is -3.88. The molecule has 3 aromatic rings. The highest BCUT2D eigenvalue weighted by Crippen LogP contribution is 2.35. The summed E-state index contributed by atoms with van der Waals surface area (Å²) in [6, 6.07) is 7.85. The molecule has 1 aliphatic heterocycles. The zero-order valence-corrected chi connectivity index (χ0v) is 18.0. The topological polar surface area (TPSA) is 142 Å². The molecular formula is C20H21N5O5S. The maximum atomic E-state index is 12.6. The molecule has 2 aromatic heterocycles. The van der Waals surface area contributed by atoms with Crippen LogP contribution in [0, 0.1) is 13.8 Å². The van der Waals surface area contributed by atoms with Crippen molar-refractivity contribution in [3.63, 3.8) is 0 Å². The van der Waals surface area contributed by atoms with Crippen molar-refractivity contribution < 1.29 is 22.5 Å². The van der Waals surface area contributed by atoms with E-state index in [0.717, 1.165) is 11.3 Å². The second-order valence-corrected chi connectivity index (χ2v) is 8.93. The summed E-state index contributed by atoms with van der Waals surface area (Å²) in [4.78, 5) is 22.9. The summed E-state index contributed by atoms with van der Waals surface area (Å²) in [5, 5.41) is 9.27. The molecule has 1 atom stereocenters.